The van der Waals surface area contributed by atoms with Crippen LogP contribution in [0.3, 0.4) is 0 Å². The Balaban J connectivity index is 0.000000414. The minimum atomic E-state index is -4.37. The number of aliphatic hydroxyl groups excluding tert-OH is 10. The third-order valence-corrected chi connectivity index (χ3v) is 22.4. The second-order valence-electron chi connectivity index (χ2n) is 29.6. The fourth-order valence-electron chi connectivity index (χ4n) is 11.9. The highest BCUT2D eigenvalue weighted by Crippen LogP contribution is 2.28. The van der Waals surface area contributed by atoms with E-state index in [2.05, 4.69) is 0 Å². The molecule has 127 heavy (non-hydrogen) atoms. The van der Waals surface area contributed by atoms with Crippen LogP contribution in [0, 0.1) is 0 Å². The fraction of sp³-hybridized carbons (Fsp3) is 0.512. The van der Waals surface area contributed by atoms with E-state index in [1.807, 2.05) is 100 Å². The van der Waals surface area contributed by atoms with Crippen molar-refractivity contribution in [3.8, 4) is 11.5 Å². The lowest BCUT2D eigenvalue weighted by Crippen LogP contribution is -2.43. The second-order valence-corrected chi connectivity index (χ2v) is 37.0. The maximum absolute atomic E-state index is 11.5. The molecule has 0 radical (unpaired) electrons. The fourth-order valence-corrected chi connectivity index (χ4v) is 14.4. The number of hydrogen-bond acceptors (Lipinski definition) is 31. The van der Waals surface area contributed by atoms with E-state index < -0.39 is 123 Å². The van der Waals surface area contributed by atoms with Gasteiger partial charge in [-0.25, -0.2) is 0 Å². The van der Waals surface area contributed by atoms with Gasteiger partial charge in [0.05, 0.1) is 101 Å². The maximum Gasteiger partial charge on any atom is 0.294 e. The smallest absolute Gasteiger partial charge is 0.294 e. The molecule has 7 aromatic rings. The van der Waals surface area contributed by atoms with Gasteiger partial charge in [0.25, 0.3) is 50.6 Å². The molecular formula is C86H131N5O31S5. The minimum Gasteiger partial charge on any atom is -0.491 e. The van der Waals surface area contributed by atoms with E-state index >= 15 is 0 Å². The molecule has 10 atom stereocenters. The predicted molar refractivity (Wildman–Crippen MR) is 482 cm³/mol. The lowest BCUT2D eigenvalue weighted by atomic mass is 10.1. The van der Waals surface area contributed by atoms with Gasteiger partial charge in [-0.05, 0) is 116 Å². The van der Waals surface area contributed by atoms with Crippen LogP contribution in [-0.2, 0) is 69.5 Å². The molecule has 716 valence electrons. The molecule has 0 bridgehead atoms. The van der Waals surface area contributed by atoms with E-state index in [0.29, 0.717) is 65.7 Å². The molecule has 10 unspecified atom stereocenters. The number of hydrogen-bond donors (Lipinski definition) is 15. The number of aliphatic hydroxyl groups is 10. The number of rotatable bonds is 56. The molecule has 0 aliphatic heterocycles. The van der Waals surface area contributed by atoms with Crippen LogP contribution in [0.2, 0.25) is 0 Å². The van der Waals surface area contributed by atoms with Crippen LogP contribution < -0.4 is 24.2 Å². The highest BCUT2D eigenvalue weighted by Gasteiger charge is 2.26. The summed E-state index contributed by atoms with van der Waals surface area (Å²) in [6, 6.07) is 53.5. The van der Waals surface area contributed by atoms with Gasteiger partial charge in [-0.2, -0.15) is 42.1 Å². The molecule has 0 aromatic heterocycles. The standard InChI is InChI=1S/C22H23NO5S.C20H27NO7S.C20H35NO7S.C14H23NO5S.C10H23NO7S/c24-21(17-8-3-1-4-9-17)15-23(16-22(25)18-10-5-2-6-11-18)19-12-7-13-20(14-19)29(26,27)28;22-17(15-27-19-7-3-1-4-8-19)13-21(11-12-29(24,25)26)14-18(23)16-28-20-9-5-2-6-10-20;1-3-5-10-27-15-18(22)13-21(14-19(23)16-28-11-6-4-2)17-8-7-9-20(12-17)29(24,25)26;1-3-12(16)9-15(10-13(17)4-2)11-6-5-7-14(8-11)21(18,19)20;1-17-7-9(12)5-11(3-4-19(14,15)16)6-10(13)8-18-2/h1-14,21-22,24-25H,15-16H2,(H,26,27,28);1-10,17-18,22-23H,11-16H2,(H,24,25,26);7-9,12,18-19,22-23H,3-6,10-11,13-16H2,1-2H3,(H,24,25,26);5-8,12-13,16-17H,3-4,9-10H2,1-2H3,(H,18,19,20);9-10,12-13H,3-8H2,1-2H3,(H,14,15,16). The normalized spacial score (nSPS) is 14.2. The lowest BCUT2D eigenvalue weighted by molar-refractivity contribution is 0.00815. The average molecular weight is 1890 g/mol. The van der Waals surface area contributed by atoms with Gasteiger partial charge in [0.15, 0.2) is 0 Å². The first-order chi connectivity index (χ1) is 60.0. The highest BCUT2D eigenvalue weighted by molar-refractivity contribution is 7.86. The van der Waals surface area contributed by atoms with Crippen molar-refractivity contribution in [2.45, 2.75) is 142 Å². The SMILES string of the molecule is CCC(O)CN(CC(O)CC)c1cccc(S(=O)(=O)O)c1.CCCCOCC(O)CN(CC(O)COCCCC)c1cccc(S(=O)(=O)O)c1.COCC(O)CN(CCS(=O)(=O)O)CC(O)COC.O=S(=O)(O)CCN(CC(O)COc1ccccc1)CC(O)COc1ccccc1.O=S(=O)(O)c1cccc(N(CC(O)c2ccccc2)CC(O)c2ccccc2)c1. The Hall–Kier alpha value is -7.55. The van der Waals surface area contributed by atoms with E-state index in [0.717, 1.165) is 25.7 Å². The Bertz CT molecular complexity index is 4550. The molecule has 7 rings (SSSR count). The number of para-hydroxylation sites is 2. The molecule has 0 spiro atoms. The number of nitrogens with zero attached hydrogens (tertiary/aromatic N) is 5. The van der Waals surface area contributed by atoms with Crippen LogP contribution in [0.5, 0.6) is 11.5 Å². The van der Waals surface area contributed by atoms with E-state index in [-0.39, 0.29) is 133 Å². The minimum absolute atomic E-state index is 0.000379. The molecule has 7 aromatic carbocycles. The van der Waals surface area contributed by atoms with Gasteiger partial charge in [0, 0.05) is 123 Å². The van der Waals surface area contributed by atoms with Crippen molar-refractivity contribution in [1.29, 1.82) is 0 Å². The van der Waals surface area contributed by atoms with Crippen molar-refractivity contribution >= 4 is 67.7 Å². The van der Waals surface area contributed by atoms with E-state index in [1.165, 1.54) is 73.7 Å². The zero-order valence-electron chi connectivity index (χ0n) is 72.6. The van der Waals surface area contributed by atoms with Crippen molar-refractivity contribution in [2.75, 3.05) is 172 Å². The summed E-state index contributed by atoms with van der Waals surface area (Å²) in [7, 11) is -18.4. The number of methoxy groups -OCH3 is 2. The van der Waals surface area contributed by atoms with Gasteiger partial charge in [0.1, 0.15) is 36.9 Å². The molecule has 0 heterocycles. The van der Waals surface area contributed by atoms with Crippen molar-refractivity contribution in [3.05, 3.63) is 205 Å². The van der Waals surface area contributed by atoms with E-state index in [9.17, 15) is 102 Å². The van der Waals surface area contributed by atoms with E-state index in [4.69, 9.17) is 42.1 Å². The molecule has 0 fully saturated rings. The molecule has 0 aliphatic carbocycles. The van der Waals surface area contributed by atoms with Crippen LogP contribution in [0.15, 0.2) is 209 Å². The third-order valence-electron chi connectivity index (χ3n) is 18.5. The second kappa shape index (κ2) is 61.2. The molecule has 41 heteroatoms. The molecular weight excluding hydrogens is 1760 g/mol. The van der Waals surface area contributed by atoms with Crippen LogP contribution in [0.25, 0.3) is 0 Å². The van der Waals surface area contributed by atoms with Gasteiger partial charge in [-0.1, -0.05) is 156 Å². The first-order valence-electron chi connectivity index (χ1n) is 41.2. The van der Waals surface area contributed by atoms with Gasteiger partial charge < -0.3 is 94.2 Å². The zero-order chi connectivity index (χ0) is 94.6. The highest BCUT2D eigenvalue weighted by atomic mass is 32.2. The maximum atomic E-state index is 11.5. The topological polar surface area (TPSA) is 546 Å². The van der Waals surface area contributed by atoms with Gasteiger partial charge in [0.2, 0.25) is 0 Å². The van der Waals surface area contributed by atoms with E-state index in [1.54, 1.807) is 86.3 Å². The van der Waals surface area contributed by atoms with Crippen LogP contribution in [-0.4, -0.2) is 332 Å². The van der Waals surface area contributed by atoms with Gasteiger partial charge >= 0.3 is 0 Å². The monoisotopic (exact) mass is 1890 g/mol. The summed E-state index contributed by atoms with van der Waals surface area (Å²) in [6.45, 7) is 10.8. The molecule has 36 nitrogen and oxygen atoms in total. The molecule has 0 aliphatic rings. The number of benzene rings is 7. The Labute approximate surface area is 747 Å². The zero-order valence-corrected chi connectivity index (χ0v) is 76.6. The van der Waals surface area contributed by atoms with Crippen molar-refractivity contribution in [3.63, 3.8) is 0 Å². The van der Waals surface area contributed by atoms with Gasteiger partial charge in [-0.3, -0.25) is 32.6 Å². The predicted octanol–water partition coefficient (Wildman–Crippen LogP) is 5.83. The number of ether oxygens (including phenoxy) is 6. The quantitative estimate of drug-likeness (QED) is 0.0157. The number of anilines is 3. The summed E-state index contributed by atoms with van der Waals surface area (Å²) >= 11 is 0. The Morgan fingerprint density at radius 3 is 0.843 bits per heavy atom. The Morgan fingerprint density at radius 2 is 0.575 bits per heavy atom. The largest absolute Gasteiger partial charge is 0.491 e. The summed E-state index contributed by atoms with van der Waals surface area (Å²) in [5.41, 5.74) is 2.87. The van der Waals surface area contributed by atoms with Crippen LogP contribution in [0.1, 0.15) is 89.6 Å². The molecule has 0 saturated heterocycles. The van der Waals surface area contributed by atoms with Gasteiger partial charge in [-0.15, -0.1) is 0 Å². The summed E-state index contributed by atoms with van der Waals surface area (Å²) < 4.78 is 189. The summed E-state index contributed by atoms with van der Waals surface area (Å²) in [4.78, 5) is 7.46. The molecule has 15 N–H and O–H groups in total. The first-order valence-corrected chi connectivity index (χ1v) is 48.8. The molecule has 0 amide bonds. The summed E-state index contributed by atoms with van der Waals surface area (Å²) in [6.07, 6.45) is -3.06. The molecule has 0 saturated carbocycles. The van der Waals surface area contributed by atoms with Crippen molar-refractivity contribution in [1.82, 2.24) is 9.80 Å². The average Bonchev–Trinajstić information content (AvgIpc) is 0.837. The third kappa shape index (κ3) is 51.6. The lowest BCUT2D eigenvalue weighted by Gasteiger charge is -2.30. The number of unbranched alkanes of at least 4 members (excludes halogenated alkanes) is 2. The summed E-state index contributed by atoms with van der Waals surface area (Å²) in [5, 5.41) is 101. The van der Waals surface area contributed by atoms with Crippen molar-refractivity contribution in [2.24, 2.45) is 0 Å². The Kier molecular flexibility index (Phi) is 54.7. The van der Waals surface area contributed by atoms with Crippen LogP contribution >= 0.6 is 0 Å². The van der Waals surface area contributed by atoms with Crippen molar-refractivity contribution < 1.29 is 144 Å². The summed E-state index contributed by atoms with van der Waals surface area (Å²) in [5.74, 6) is 0.234. The Morgan fingerprint density at radius 1 is 0.307 bits per heavy atom. The first kappa shape index (κ1) is 114. The van der Waals surface area contributed by atoms with Crippen LogP contribution in [0.4, 0.5) is 17.1 Å².